The third-order valence-corrected chi connectivity index (χ3v) is 6.89. The van der Waals surface area contributed by atoms with E-state index in [0.29, 0.717) is 29.3 Å². The molecule has 120 valence electrons. The number of rotatable bonds is 1. The average Bonchev–Trinajstić information content (AvgIpc) is 3.15. The van der Waals surface area contributed by atoms with Gasteiger partial charge >= 0.3 is 0 Å². The topological polar surface area (TPSA) is 29.5 Å². The van der Waals surface area contributed by atoms with Gasteiger partial charge in [0.1, 0.15) is 0 Å². The van der Waals surface area contributed by atoms with Gasteiger partial charge in [0.05, 0.1) is 6.10 Å². The lowest BCUT2D eigenvalue weighted by Crippen LogP contribution is -2.80. The van der Waals surface area contributed by atoms with Crippen LogP contribution in [-0.4, -0.2) is 27.8 Å². The number of ether oxygens (including phenoxy) is 1. The van der Waals surface area contributed by atoms with Crippen LogP contribution < -0.4 is 0 Å². The molecule has 23 heavy (non-hydrogen) atoms. The maximum absolute atomic E-state index is 12.5. The van der Waals surface area contributed by atoms with E-state index in [2.05, 4.69) is 12.2 Å². The molecule has 6 heteroatoms. The first kappa shape index (κ1) is 14.6. The minimum Gasteiger partial charge on any atom is -0.344 e. The van der Waals surface area contributed by atoms with E-state index in [4.69, 9.17) is 39.5 Å². The summed E-state index contributed by atoms with van der Waals surface area (Å²) in [6, 6.07) is 7.22. The molecular formula is C17H14Cl3NO2. The highest BCUT2D eigenvalue weighted by Gasteiger charge is 2.76. The van der Waals surface area contributed by atoms with Crippen LogP contribution in [0.2, 0.25) is 5.02 Å². The Morgan fingerprint density at radius 2 is 1.83 bits per heavy atom. The van der Waals surface area contributed by atoms with Crippen molar-refractivity contribution in [1.29, 1.82) is 0 Å². The minimum atomic E-state index is -1.60. The fourth-order valence-corrected chi connectivity index (χ4v) is 5.55. The lowest BCUT2D eigenvalue weighted by molar-refractivity contribution is -0.285. The van der Waals surface area contributed by atoms with Crippen LogP contribution in [0.25, 0.3) is 0 Å². The Bertz CT molecular complexity index is 732. The third kappa shape index (κ3) is 1.60. The summed E-state index contributed by atoms with van der Waals surface area (Å²) >= 11 is 18.9. The van der Waals surface area contributed by atoms with Gasteiger partial charge in [-0.25, -0.2) is 0 Å². The van der Waals surface area contributed by atoms with Gasteiger partial charge in [-0.15, -0.1) is 0 Å². The molecule has 2 aliphatic heterocycles. The van der Waals surface area contributed by atoms with Crippen molar-refractivity contribution in [3.8, 4) is 0 Å². The fraction of sp³-hybridized carbons (Fsp3) is 0.471. The Kier molecular flexibility index (Phi) is 2.83. The zero-order valence-corrected chi connectivity index (χ0v) is 14.4. The van der Waals surface area contributed by atoms with E-state index in [1.165, 1.54) is 0 Å². The molecule has 1 amide bonds. The second kappa shape index (κ2) is 4.45. The molecule has 2 heterocycles. The van der Waals surface area contributed by atoms with Crippen molar-refractivity contribution in [1.82, 2.24) is 4.90 Å². The molecule has 2 aliphatic carbocycles. The van der Waals surface area contributed by atoms with Crippen molar-refractivity contribution in [2.75, 3.05) is 6.54 Å². The average molecular weight is 371 g/mol. The lowest BCUT2D eigenvalue weighted by atomic mass is 9.79. The summed E-state index contributed by atoms with van der Waals surface area (Å²) in [5, 5.41) is 0.619. The summed E-state index contributed by atoms with van der Waals surface area (Å²) in [6.45, 7) is 0.638. The SMILES string of the molecule is O=C1N2C[C@H]3[C@@H](O[C@@]2(c2ccc(Cl)cc2)C1(Cl)Cl)[C@@H]1C=C[C@H]3C1. The standard InChI is InChI=1S/C17H14Cl3NO2/c18-12-5-3-11(4-6-12)17-16(19,20)15(22)21(17)8-13-9-1-2-10(7-9)14(13)23-17/h1-6,9-10,13-14H,7-8H2/t9-,10+,13+,14-,17-/m0/s1. The van der Waals surface area contributed by atoms with Crippen LogP contribution >= 0.6 is 34.8 Å². The lowest BCUT2D eigenvalue weighted by Gasteiger charge is -2.63. The number of hydrogen-bond acceptors (Lipinski definition) is 2. The Labute approximate surface area is 149 Å². The summed E-state index contributed by atoms with van der Waals surface area (Å²) in [7, 11) is 0. The summed E-state index contributed by atoms with van der Waals surface area (Å²) in [5.41, 5.74) is -0.339. The molecule has 0 aromatic heterocycles. The maximum atomic E-state index is 12.5. The van der Waals surface area contributed by atoms with Gasteiger partial charge in [0.25, 0.3) is 5.91 Å². The Morgan fingerprint density at radius 1 is 1.13 bits per heavy atom. The van der Waals surface area contributed by atoms with Crippen molar-refractivity contribution >= 4 is 40.7 Å². The van der Waals surface area contributed by atoms with E-state index in [9.17, 15) is 4.79 Å². The Balaban J connectivity index is 1.63. The second-order valence-electron chi connectivity index (χ2n) is 6.84. The second-order valence-corrected chi connectivity index (χ2v) is 8.60. The van der Waals surface area contributed by atoms with Gasteiger partial charge in [0.15, 0.2) is 0 Å². The minimum absolute atomic E-state index is 0.0573. The smallest absolute Gasteiger partial charge is 0.267 e. The summed E-state index contributed by atoms with van der Waals surface area (Å²) < 4.78 is 4.89. The van der Waals surface area contributed by atoms with Gasteiger partial charge in [0.2, 0.25) is 10.1 Å². The van der Waals surface area contributed by atoms with Gasteiger partial charge in [-0.2, -0.15) is 0 Å². The van der Waals surface area contributed by atoms with Crippen molar-refractivity contribution in [3.63, 3.8) is 0 Å². The zero-order valence-electron chi connectivity index (χ0n) is 12.1. The highest BCUT2D eigenvalue weighted by Crippen LogP contribution is 2.63. The highest BCUT2D eigenvalue weighted by atomic mass is 35.5. The molecule has 2 bridgehead atoms. The molecule has 0 unspecified atom stereocenters. The van der Waals surface area contributed by atoms with E-state index < -0.39 is 10.1 Å². The molecule has 0 spiro atoms. The molecule has 2 saturated heterocycles. The van der Waals surface area contributed by atoms with Crippen LogP contribution in [0.5, 0.6) is 0 Å². The van der Waals surface area contributed by atoms with Gasteiger partial charge in [0, 0.05) is 29.0 Å². The van der Waals surface area contributed by atoms with Crippen LogP contribution in [-0.2, 0) is 15.3 Å². The summed E-state index contributed by atoms with van der Waals surface area (Å²) in [5.74, 6) is 0.928. The molecular weight excluding hydrogens is 357 g/mol. The fourth-order valence-electron chi connectivity index (χ4n) is 4.71. The Morgan fingerprint density at radius 3 is 2.57 bits per heavy atom. The largest absolute Gasteiger partial charge is 0.344 e. The number of allylic oxidation sites excluding steroid dienone is 1. The van der Waals surface area contributed by atoms with Crippen molar-refractivity contribution in [2.45, 2.75) is 22.6 Å². The molecule has 5 atom stereocenters. The molecule has 1 aromatic rings. The molecule has 4 aliphatic rings. The van der Waals surface area contributed by atoms with Gasteiger partial charge in [-0.05, 0) is 24.5 Å². The molecule has 0 N–H and O–H groups in total. The number of carbonyl (C=O) groups is 1. The first-order valence-corrected chi connectivity index (χ1v) is 8.90. The number of alkyl halides is 2. The van der Waals surface area contributed by atoms with E-state index >= 15 is 0 Å². The van der Waals surface area contributed by atoms with Gasteiger partial charge < -0.3 is 9.64 Å². The van der Waals surface area contributed by atoms with E-state index in [0.717, 1.165) is 12.0 Å². The van der Waals surface area contributed by atoms with Crippen LogP contribution in [0.15, 0.2) is 36.4 Å². The van der Waals surface area contributed by atoms with Crippen LogP contribution in [0.4, 0.5) is 0 Å². The maximum Gasteiger partial charge on any atom is 0.267 e. The third-order valence-electron chi connectivity index (χ3n) is 5.80. The number of β-lactam (4-membered cyclic amide) rings is 1. The van der Waals surface area contributed by atoms with Crippen molar-refractivity contribution in [3.05, 3.63) is 47.0 Å². The molecule has 1 aromatic carbocycles. The van der Waals surface area contributed by atoms with Gasteiger partial charge in [-0.3, -0.25) is 4.79 Å². The number of nitrogens with zero attached hydrogens (tertiary/aromatic N) is 1. The zero-order chi connectivity index (χ0) is 16.0. The number of carbonyl (C=O) groups excluding carboxylic acids is 1. The predicted molar refractivity (Wildman–Crippen MR) is 88.4 cm³/mol. The summed E-state index contributed by atoms with van der Waals surface area (Å²) in [4.78, 5) is 14.2. The first-order valence-electron chi connectivity index (χ1n) is 7.77. The number of fused-ring (bicyclic) bond motifs is 6. The number of benzene rings is 1. The van der Waals surface area contributed by atoms with E-state index in [-0.39, 0.29) is 12.0 Å². The number of halogens is 3. The van der Waals surface area contributed by atoms with Crippen molar-refractivity contribution in [2.24, 2.45) is 17.8 Å². The highest BCUT2D eigenvalue weighted by molar-refractivity contribution is 6.61. The van der Waals surface area contributed by atoms with E-state index in [1.54, 1.807) is 17.0 Å². The predicted octanol–water partition coefficient (Wildman–Crippen LogP) is 3.73. The molecule has 0 radical (unpaired) electrons. The number of hydrogen-bond donors (Lipinski definition) is 0. The van der Waals surface area contributed by atoms with E-state index in [1.807, 2.05) is 12.1 Å². The first-order chi connectivity index (χ1) is 10.9. The summed E-state index contributed by atoms with van der Waals surface area (Å²) in [6.07, 6.45) is 5.62. The molecule has 3 fully saturated rings. The van der Waals surface area contributed by atoms with Crippen LogP contribution in [0.1, 0.15) is 12.0 Å². The van der Waals surface area contributed by atoms with Crippen LogP contribution in [0.3, 0.4) is 0 Å². The van der Waals surface area contributed by atoms with Gasteiger partial charge in [-0.1, -0.05) is 59.1 Å². The Hall–Kier alpha value is -0.740. The number of amides is 1. The normalized spacial score (nSPS) is 42.4. The van der Waals surface area contributed by atoms with Crippen LogP contribution in [0, 0.1) is 17.8 Å². The van der Waals surface area contributed by atoms with Crippen molar-refractivity contribution < 1.29 is 9.53 Å². The molecule has 3 nitrogen and oxygen atoms in total. The quantitative estimate of drug-likeness (QED) is 0.428. The molecule has 1 saturated carbocycles. The monoisotopic (exact) mass is 369 g/mol. The molecule has 5 rings (SSSR count).